The normalized spacial score (nSPS) is 17.4. The van der Waals surface area contributed by atoms with Crippen LogP contribution in [-0.2, 0) is 6.42 Å². The highest BCUT2D eigenvalue weighted by Gasteiger charge is 2.21. The Hall–Kier alpha value is -1.22. The van der Waals surface area contributed by atoms with Gasteiger partial charge in [0, 0.05) is 39.3 Å². The van der Waals surface area contributed by atoms with Gasteiger partial charge < -0.3 is 24.6 Å². The number of nitrogens with zero attached hydrogens (tertiary/aromatic N) is 3. The van der Waals surface area contributed by atoms with Gasteiger partial charge in [0.2, 0.25) is 0 Å². The van der Waals surface area contributed by atoms with Crippen molar-refractivity contribution >= 4 is 29.9 Å². The topological polar surface area (TPSA) is 49.3 Å². The van der Waals surface area contributed by atoms with Crippen LogP contribution in [0.5, 0.6) is 11.5 Å². The number of likely N-dealkylation sites (tertiary alicyclic amines) is 1. The number of aliphatic imine (C=N–C) groups is 1. The number of likely N-dealkylation sites (N-methyl/N-ethyl adjacent to an activating group) is 1. The summed E-state index contributed by atoms with van der Waals surface area (Å²) in [4.78, 5) is 9.77. The number of halogens is 1. The lowest BCUT2D eigenvalue weighted by Gasteiger charge is -2.35. The molecule has 0 aliphatic carbocycles. The molecule has 1 aromatic carbocycles. The third kappa shape index (κ3) is 8.13. The number of rotatable bonds is 9. The van der Waals surface area contributed by atoms with Crippen molar-refractivity contribution in [3.05, 3.63) is 23.8 Å². The van der Waals surface area contributed by atoms with Crippen LogP contribution in [0.15, 0.2) is 23.2 Å². The molecule has 1 unspecified atom stereocenters. The van der Waals surface area contributed by atoms with Crippen molar-refractivity contribution in [3.8, 4) is 11.5 Å². The maximum Gasteiger partial charge on any atom is 0.193 e. The standard InChI is InChI=1S/C23H40N4O2.HI/c1-7-24-23(25-16-20-9-8-13-27(17-20)18(2)3)26(4)14-12-19-10-11-21(28-5)22(15-19)29-6;/h10-11,15,18,20H,7-9,12-14,16-17H2,1-6H3,(H,24,25);1H. The van der Waals surface area contributed by atoms with Crippen molar-refractivity contribution < 1.29 is 9.47 Å². The highest BCUT2D eigenvalue weighted by atomic mass is 127. The Morgan fingerprint density at radius 3 is 2.63 bits per heavy atom. The number of methoxy groups -OCH3 is 2. The lowest BCUT2D eigenvalue weighted by molar-refractivity contribution is 0.143. The average molecular weight is 533 g/mol. The quantitative estimate of drug-likeness (QED) is 0.297. The van der Waals surface area contributed by atoms with Gasteiger partial charge in [0.1, 0.15) is 0 Å². The zero-order chi connectivity index (χ0) is 21.2. The Morgan fingerprint density at radius 2 is 2.00 bits per heavy atom. The lowest BCUT2D eigenvalue weighted by Crippen LogP contribution is -2.42. The van der Waals surface area contributed by atoms with Crippen LogP contribution in [-0.4, -0.2) is 75.8 Å². The van der Waals surface area contributed by atoms with Crippen LogP contribution in [0.3, 0.4) is 0 Å². The number of nitrogens with one attached hydrogen (secondary N) is 1. The summed E-state index contributed by atoms with van der Waals surface area (Å²) in [7, 11) is 5.45. The van der Waals surface area contributed by atoms with E-state index in [2.05, 4.69) is 55.1 Å². The van der Waals surface area contributed by atoms with Crippen molar-refractivity contribution in [2.45, 2.75) is 46.1 Å². The van der Waals surface area contributed by atoms with Crippen molar-refractivity contribution in [2.24, 2.45) is 10.9 Å². The molecule has 1 aliphatic heterocycles. The summed E-state index contributed by atoms with van der Waals surface area (Å²) < 4.78 is 10.8. The molecule has 1 atom stereocenters. The Labute approximate surface area is 200 Å². The van der Waals surface area contributed by atoms with E-state index in [0.29, 0.717) is 12.0 Å². The van der Waals surface area contributed by atoms with Crippen molar-refractivity contribution in [2.75, 3.05) is 54.0 Å². The molecule has 0 radical (unpaired) electrons. The molecule has 0 spiro atoms. The van der Waals surface area contributed by atoms with Gasteiger partial charge in [-0.05, 0) is 70.2 Å². The van der Waals surface area contributed by atoms with Crippen LogP contribution >= 0.6 is 24.0 Å². The number of guanidine groups is 1. The van der Waals surface area contributed by atoms with Crippen LogP contribution in [0.25, 0.3) is 0 Å². The maximum atomic E-state index is 5.42. The molecule has 1 aliphatic rings. The molecule has 2 rings (SSSR count). The molecular weight excluding hydrogens is 491 g/mol. The minimum atomic E-state index is 0. The second-order valence-electron chi connectivity index (χ2n) is 8.15. The first-order chi connectivity index (χ1) is 14.0. The van der Waals surface area contributed by atoms with Gasteiger partial charge in [-0.2, -0.15) is 0 Å². The van der Waals surface area contributed by atoms with Gasteiger partial charge >= 0.3 is 0 Å². The molecule has 0 amide bonds. The Balaban J connectivity index is 0.00000450. The Morgan fingerprint density at radius 1 is 1.27 bits per heavy atom. The van der Waals surface area contributed by atoms with Gasteiger partial charge in [-0.1, -0.05) is 6.07 Å². The third-order valence-electron chi connectivity index (χ3n) is 5.66. The summed E-state index contributed by atoms with van der Waals surface area (Å²) in [5.74, 6) is 3.19. The van der Waals surface area contributed by atoms with Crippen LogP contribution < -0.4 is 14.8 Å². The summed E-state index contributed by atoms with van der Waals surface area (Å²) in [5.41, 5.74) is 1.23. The highest BCUT2D eigenvalue weighted by Crippen LogP contribution is 2.27. The van der Waals surface area contributed by atoms with E-state index >= 15 is 0 Å². The number of hydrogen-bond acceptors (Lipinski definition) is 4. The van der Waals surface area contributed by atoms with Crippen LogP contribution in [0.4, 0.5) is 0 Å². The number of piperidine rings is 1. The molecule has 1 N–H and O–H groups in total. The molecule has 1 fully saturated rings. The minimum absolute atomic E-state index is 0. The zero-order valence-electron chi connectivity index (χ0n) is 19.6. The molecular formula is C23H41IN4O2. The summed E-state index contributed by atoms with van der Waals surface area (Å²) in [5, 5.41) is 3.45. The molecule has 30 heavy (non-hydrogen) atoms. The average Bonchev–Trinajstić information content (AvgIpc) is 2.74. The van der Waals surface area contributed by atoms with Crippen molar-refractivity contribution in [3.63, 3.8) is 0 Å². The van der Waals surface area contributed by atoms with Gasteiger partial charge in [-0.25, -0.2) is 0 Å². The van der Waals surface area contributed by atoms with Gasteiger partial charge in [-0.15, -0.1) is 24.0 Å². The van der Waals surface area contributed by atoms with E-state index in [1.165, 1.54) is 24.9 Å². The predicted octanol–water partition coefficient (Wildman–Crippen LogP) is 3.88. The molecule has 0 bridgehead atoms. The first kappa shape index (κ1) is 26.8. The smallest absolute Gasteiger partial charge is 0.193 e. The fourth-order valence-electron chi connectivity index (χ4n) is 3.84. The van der Waals surface area contributed by atoms with E-state index < -0.39 is 0 Å². The minimum Gasteiger partial charge on any atom is -0.493 e. The molecule has 6 nitrogen and oxygen atoms in total. The number of hydrogen-bond donors (Lipinski definition) is 1. The SMILES string of the molecule is CCNC(=NCC1CCCN(C(C)C)C1)N(C)CCc1ccc(OC)c(OC)c1.I. The molecule has 172 valence electrons. The van der Waals surface area contributed by atoms with E-state index in [4.69, 9.17) is 14.5 Å². The monoisotopic (exact) mass is 532 g/mol. The van der Waals surface area contributed by atoms with Gasteiger partial charge in [0.25, 0.3) is 0 Å². The second-order valence-corrected chi connectivity index (χ2v) is 8.15. The van der Waals surface area contributed by atoms with Gasteiger partial charge in [-0.3, -0.25) is 4.99 Å². The van der Waals surface area contributed by atoms with Crippen LogP contribution in [0, 0.1) is 5.92 Å². The largest absolute Gasteiger partial charge is 0.493 e. The van der Waals surface area contributed by atoms with E-state index in [0.717, 1.165) is 50.1 Å². The van der Waals surface area contributed by atoms with E-state index in [9.17, 15) is 0 Å². The first-order valence-corrected chi connectivity index (χ1v) is 10.9. The maximum absolute atomic E-state index is 5.42. The van der Waals surface area contributed by atoms with E-state index in [-0.39, 0.29) is 24.0 Å². The summed E-state index contributed by atoms with van der Waals surface area (Å²) in [6.07, 6.45) is 3.48. The lowest BCUT2D eigenvalue weighted by atomic mass is 9.97. The first-order valence-electron chi connectivity index (χ1n) is 10.9. The molecule has 1 heterocycles. The molecule has 0 aromatic heterocycles. The Bertz CT molecular complexity index is 654. The molecule has 1 aromatic rings. The zero-order valence-corrected chi connectivity index (χ0v) is 21.9. The van der Waals surface area contributed by atoms with Gasteiger partial charge in [0.05, 0.1) is 14.2 Å². The molecule has 1 saturated heterocycles. The van der Waals surface area contributed by atoms with Crippen molar-refractivity contribution in [1.82, 2.24) is 15.1 Å². The van der Waals surface area contributed by atoms with E-state index in [1.54, 1.807) is 14.2 Å². The number of benzene rings is 1. The molecule has 7 heteroatoms. The summed E-state index contributed by atoms with van der Waals surface area (Å²) >= 11 is 0. The second kappa shape index (κ2) is 14.0. The predicted molar refractivity (Wildman–Crippen MR) is 137 cm³/mol. The summed E-state index contributed by atoms with van der Waals surface area (Å²) in [6, 6.07) is 6.75. The van der Waals surface area contributed by atoms with Gasteiger partial charge in [0.15, 0.2) is 17.5 Å². The van der Waals surface area contributed by atoms with Crippen LogP contribution in [0.2, 0.25) is 0 Å². The Kier molecular flexibility index (Phi) is 12.5. The van der Waals surface area contributed by atoms with Crippen LogP contribution in [0.1, 0.15) is 39.2 Å². The van der Waals surface area contributed by atoms with E-state index in [1.807, 2.05) is 6.07 Å². The molecule has 0 saturated carbocycles. The highest BCUT2D eigenvalue weighted by molar-refractivity contribution is 14.0. The fourth-order valence-corrected chi connectivity index (χ4v) is 3.84. The summed E-state index contributed by atoms with van der Waals surface area (Å²) in [6.45, 7) is 11.8. The third-order valence-corrected chi connectivity index (χ3v) is 5.66. The fraction of sp³-hybridized carbons (Fsp3) is 0.696. The number of ether oxygens (including phenoxy) is 2. The van der Waals surface area contributed by atoms with Crippen molar-refractivity contribution in [1.29, 1.82) is 0 Å².